The third-order valence-electron chi connectivity index (χ3n) is 2.18. The summed E-state index contributed by atoms with van der Waals surface area (Å²) >= 11 is 4.92. The molecule has 2 aromatic carbocycles. The lowest BCUT2D eigenvalue weighted by molar-refractivity contribution is 0.476. The highest BCUT2D eigenvalue weighted by Gasteiger charge is 2.06. The van der Waals surface area contributed by atoms with E-state index in [1.165, 1.54) is 12.1 Å². The fourth-order valence-electron chi connectivity index (χ4n) is 1.42. The van der Waals surface area contributed by atoms with Crippen LogP contribution in [-0.4, -0.2) is 4.99 Å². The maximum Gasteiger partial charge on any atom is 0.137 e. The van der Waals surface area contributed by atoms with E-state index in [4.69, 9.17) is 22.7 Å². The Bertz CT molecular complexity index is 557. The molecular weight excluding hydrogens is 237 g/mol. The Morgan fingerprint density at radius 3 is 2.59 bits per heavy atom. The average Bonchev–Trinajstić information content (AvgIpc) is 2.29. The molecular formula is C13H10FNOS. The van der Waals surface area contributed by atoms with E-state index in [0.717, 1.165) is 0 Å². The molecule has 0 fully saturated rings. The molecule has 0 bridgehead atoms. The van der Waals surface area contributed by atoms with E-state index in [9.17, 15) is 4.39 Å². The van der Waals surface area contributed by atoms with Gasteiger partial charge in [0.25, 0.3) is 0 Å². The number of ether oxygens (including phenoxy) is 1. The zero-order chi connectivity index (χ0) is 12.3. The smallest absolute Gasteiger partial charge is 0.137 e. The van der Waals surface area contributed by atoms with Gasteiger partial charge in [0.15, 0.2) is 0 Å². The molecule has 0 aliphatic carbocycles. The molecule has 0 aliphatic heterocycles. The van der Waals surface area contributed by atoms with E-state index in [0.29, 0.717) is 17.1 Å². The third kappa shape index (κ3) is 2.79. The van der Waals surface area contributed by atoms with Crippen LogP contribution in [0.3, 0.4) is 0 Å². The number of benzene rings is 2. The van der Waals surface area contributed by atoms with Crippen LogP contribution < -0.4 is 10.5 Å². The average molecular weight is 247 g/mol. The normalized spacial score (nSPS) is 9.94. The van der Waals surface area contributed by atoms with Gasteiger partial charge in [-0.3, -0.25) is 0 Å². The summed E-state index contributed by atoms with van der Waals surface area (Å²) in [5, 5.41) is 0. The first kappa shape index (κ1) is 11.5. The monoisotopic (exact) mass is 247 g/mol. The number of para-hydroxylation sites is 1. The quantitative estimate of drug-likeness (QED) is 0.845. The lowest BCUT2D eigenvalue weighted by Crippen LogP contribution is -2.10. The minimum atomic E-state index is -0.352. The molecule has 0 amide bonds. The first-order valence-electron chi connectivity index (χ1n) is 4.99. The largest absolute Gasteiger partial charge is 0.457 e. The molecule has 86 valence electrons. The molecule has 2 nitrogen and oxygen atoms in total. The minimum Gasteiger partial charge on any atom is -0.457 e. The Morgan fingerprint density at radius 1 is 1.12 bits per heavy atom. The number of nitrogens with two attached hydrogens (primary N) is 1. The lowest BCUT2D eigenvalue weighted by Gasteiger charge is -2.09. The molecule has 0 atom stereocenters. The molecule has 0 saturated carbocycles. The minimum absolute atomic E-state index is 0.247. The zero-order valence-electron chi connectivity index (χ0n) is 8.89. The third-order valence-corrected chi connectivity index (χ3v) is 2.40. The van der Waals surface area contributed by atoms with Crippen molar-refractivity contribution < 1.29 is 9.13 Å². The Morgan fingerprint density at radius 2 is 1.88 bits per heavy atom. The summed E-state index contributed by atoms with van der Waals surface area (Å²) in [5.74, 6) is 0.578. The molecule has 2 N–H and O–H groups in total. The van der Waals surface area contributed by atoms with Crippen LogP contribution in [0.15, 0.2) is 48.5 Å². The summed E-state index contributed by atoms with van der Waals surface area (Å²) in [4.78, 5) is 0.247. The molecule has 0 aliphatic rings. The predicted octanol–water partition coefficient (Wildman–Crippen LogP) is 3.25. The van der Waals surface area contributed by atoms with Crippen molar-refractivity contribution in [1.29, 1.82) is 0 Å². The standard InChI is InChI=1S/C13H10FNOS/c14-9-4-3-5-10(8-9)16-12-7-2-1-6-11(12)13(15)17/h1-8H,(H2,15,17). The van der Waals surface area contributed by atoms with Gasteiger partial charge in [-0.25, -0.2) is 4.39 Å². The van der Waals surface area contributed by atoms with Crippen LogP contribution in [0, 0.1) is 5.82 Å². The van der Waals surface area contributed by atoms with Gasteiger partial charge in [0.1, 0.15) is 22.3 Å². The van der Waals surface area contributed by atoms with Gasteiger partial charge < -0.3 is 10.5 Å². The van der Waals surface area contributed by atoms with Crippen molar-refractivity contribution in [2.24, 2.45) is 5.73 Å². The summed E-state index contributed by atoms with van der Waals surface area (Å²) in [6, 6.07) is 13.0. The van der Waals surface area contributed by atoms with Crippen molar-refractivity contribution >= 4 is 17.2 Å². The Labute approximate surface area is 104 Å². The Kier molecular flexibility index (Phi) is 3.35. The van der Waals surface area contributed by atoms with Crippen LogP contribution in [0.5, 0.6) is 11.5 Å². The van der Waals surface area contributed by atoms with Gasteiger partial charge in [0, 0.05) is 6.07 Å². The second kappa shape index (κ2) is 4.93. The first-order chi connectivity index (χ1) is 8.16. The van der Waals surface area contributed by atoms with E-state index in [1.54, 1.807) is 30.3 Å². The van der Waals surface area contributed by atoms with Crippen LogP contribution in [-0.2, 0) is 0 Å². The summed E-state index contributed by atoms with van der Waals surface area (Å²) < 4.78 is 18.5. The zero-order valence-corrected chi connectivity index (χ0v) is 9.71. The number of rotatable bonds is 3. The first-order valence-corrected chi connectivity index (χ1v) is 5.40. The van der Waals surface area contributed by atoms with Crippen LogP contribution in [0.4, 0.5) is 4.39 Å². The number of hydrogen-bond donors (Lipinski definition) is 1. The predicted molar refractivity (Wildman–Crippen MR) is 68.8 cm³/mol. The molecule has 0 radical (unpaired) electrons. The molecule has 0 unspecified atom stereocenters. The molecule has 4 heteroatoms. The second-order valence-corrected chi connectivity index (χ2v) is 3.86. The summed E-state index contributed by atoms with van der Waals surface area (Å²) in [5.41, 5.74) is 6.21. The molecule has 2 aromatic rings. The SMILES string of the molecule is NC(=S)c1ccccc1Oc1cccc(F)c1. The highest BCUT2D eigenvalue weighted by molar-refractivity contribution is 7.80. The molecule has 0 spiro atoms. The van der Waals surface area contributed by atoms with Gasteiger partial charge >= 0.3 is 0 Å². The molecule has 0 saturated heterocycles. The van der Waals surface area contributed by atoms with Gasteiger partial charge in [-0.1, -0.05) is 30.4 Å². The van der Waals surface area contributed by atoms with E-state index in [-0.39, 0.29) is 10.8 Å². The van der Waals surface area contributed by atoms with Gasteiger partial charge in [-0.05, 0) is 24.3 Å². The van der Waals surface area contributed by atoms with Crippen molar-refractivity contribution in [2.45, 2.75) is 0 Å². The maximum atomic E-state index is 13.0. The van der Waals surface area contributed by atoms with Gasteiger partial charge in [-0.15, -0.1) is 0 Å². The van der Waals surface area contributed by atoms with Crippen molar-refractivity contribution in [3.05, 3.63) is 59.9 Å². The summed E-state index contributed by atoms with van der Waals surface area (Å²) in [7, 11) is 0. The Hall–Kier alpha value is -1.94. The van der Waals surface area contributed by atoms with Crippen molar-refractivity contribution in [1.82, 2.24) is 0 Å². The van der Waals surface area contributed by atoms with Crippen LogP contribution in [0.25, 0.3) is 0 Å². The molecule has 2 rings (SSSR count). The lowest BCUT2D eigenvalue weighted by atomic mass is 10.2. The maximum absolute atomic E-state index is 13.0. The van der Waals surface area contributed by atoms with Crippen molar-refractivity contribution in [2.75, 3.05) is 0 Å². The molecule has 0 heterocycles. The fourth-order valence-corrected chi connectivity index (χ4v) is 1.59. The summed E-state index contributed by atoms with van der Waals surface area (Å²) in [6.45, 7) is 0. The van der Waals surface area contributed by atoms with Gasteiger partial charge in [0.2, 0.25) is 0 Å². The molecule has 17 heavy (non-hydrogen) atoms. The van der Waals surface area contributed by atoms with Crippen molar-refractivity contribution in [3.8, 4) is 11.5 Å². The van der Waals surface area contributed by atoms with E-state index >= 15 is 0 Å². The second-order valence-electron chi connectivity index (χ2n) is 3.42. The molecule has 0 aromatic heterocycles. The van der Waals surface area contributed by atoms with Crippen LogP contribution in [0.2, 0.25) is 0 Å². The van der Waals surface area contributed by atoms with Gasteiger partial charge in [-0.2, -0.15) is 0 Å². The number of halogens is 1. The van der Waals surface area contributed by atoms with Crippen LogP contribution >= 0.6 is 12.2 Å². The van der Waals surface area contributed by atoms with E-state index in [1.807, 2.05) is 6.07 Å². The highest BCUT2D eigenvalue weighted by atomic mass is 32.1. The van der Waals surface area contributed by atoms with E-state index in [2.05, 4.69) is 0 Å². The van der Waals surface area contributed by atoms with Crippen LogP contribution in [0.1, 0.15) is 5.56 Å². The number of thiocarbonyl (C=S) groups is 1. The number of hydrogen-bond acceptors (Lipinski definition) is 2. The van der Waals surface area contributed by atoms with E-state index < -0.39 is 0 Å². The fraction of sp³-hybridized carbons (Fsp3) is 0. The van der Waals surface area contributed by atoms with Crippen molar-refractivity contribution in [3.63, 3.8) is 0 Å². The highest BCUT2D eigenvalue weighted by Crippen LogP contribution is 2.25. The Balaban J connectivity index is 2.33. The topological polar surface area (TPSA) is 35.2 Å². The summed E-state index contributed by atoms with van der Waals surface area (Å²) in [6.07, 6.45) is 0. The van der Waals surface area contributed by atoms with Gasteiger partial charge in [0.05, 0.1) is 5.56 Å².